The van der Waals surface area contributed by atoms with Crippen LogP contribution in [0.2, 0.25) is 5.02 Å². The predicted molar refractivity (Wildman–Crippen MR) is 124 cm³/mol. The van der Waals surface area contributed by atoms with E-state index in [2.05, 4.69) is 24.1 Å². The zero-order chi connectivity index (χ0) is 22.7. The van der Waals surface area contributed by atoms with E-state index in [1.54, 1.807) is 25.1 Å². The van der Waals surface area contributed by atoms with E-state index in [-0.39, 0.29) is 5.56 Å². The second-order valence-electron chi connectivity index (χ2n) is 7.21. The molecule has 0 aliphatic heterocycles. The van der Waals surface area contributed by atoms with E-state index in [0.29, 0.717) is 32.7 Å². The van der Waals surface area contributed by atoms with Crippen molar-refractivity contribution in [1.82, 2.24) is 14.9 Å². The lowest BCUT2D eigenvalue weighted by Gasteiger charge is -2.17. The Bertz CT molecular complexity index is 1190. The van der Waals surface area contributed by atoms with Crippen molar-refractivity contribution in [2.24, 2.45) is 5.73 Å². The quantitative estimate of drug-likeness (QED) is 0.424. The molecule has 0 aliphatic carbocycles. The van der Waals surface area contributed by atoms with E-state index in [0.717, 1.165) is 18.2 Å². The topological polar surface area (TPSA) is 107 Å². The number of benzene rings is 2. The fraction of sp³-hybridized carbons (Fsp3) is 0.273. The average molecular weight is 459 g/mol. The molecule has 2 atom stereocenters. The molecule has 0 unspecified atom stereocenters. The normalized spacial score (nSPS) is 13.0. The summed E-state index contributed by atoms with van der Waals surface area (Å²) in [7, 11) is 0. The summed E-state index contributed by atoms with van der Waals surface area (Å²) in [6.07, 6.45) is 1.01. The number of halogens is 1. The lowest BCUT2D eigenvalue weighted by atomic mass is 9.98. The number of hydrogen-bond donors (Lipinski definition) is 2. The van der Waals surface area contributed by atoms with Crippen molar-refractivity contribution in [2.45, 2.75) is 43.5 Å². The molecule has 2 aromatic carbocycles. The first-order valence-corrected chi connectivity index (χ1v) is 11.1. The second kappa shape index (κ2) is 9.53. The van der Waals surface area contributed by atoms with Gasteiger partial charge in [-0.25, -0.2) is 9.78 Å². The molecule has 0 bridgehead atoms. The van der Waals surface area contributed by atoms with Gasteiger partial charge in [0, 0.05) is 5.02 Å². The van der Waals surface area contributed by atoms with Crippen LogP contribution in [0.1, 0.15) is 38.7 Å². The molecule has 3 rings (SSSR count). The molecule has 0 spiro atoms. The van der Waals surface area contributed by atoms with Gasteiger partial charge in [0.25, 0.3) is 5.56 Å². The first kappa shape index (κ1) is 22.8. The van der Waals surface area contributed by atoms with E-state index in [1.165, 1.54) is 10.1 Å². The van der Waals surface area contributed by atoms with Crippen LogP contribution < -0.4 is 16.6 Å². The Morgan fingerprint density at radius 1 is 1.19 bits per heavy atom. The summed E-state index contributed by atoms with van der Waals surface area (Å²) in [5.41, 5.74) is 7.00. The van der Waals surface area contributed by atoms with E-state index in [1.807, 2.05) is 24.3 Å². The number of fused-ring (bicyclic) bond motifs is 1. The highest BCUT2D eigenvalue weighted by molar-refractivity contribution is 8.00. The molecule has 0 saturated carbocycles. The van der Waals surface area contributed by atoms with Crippen molar-refractivity contribution in [3.05, 3.63) is 63.4 Å². The predicted octanol–water partition coefficient (Wildman–Crippen LogP) is 4.23. The fourth-order valence-corrected chi connectivity index (χ4v) is 4.16. The number of nitrogens with one attached hydrogen (secondary N) is 1. The van der Waals surface area contributed by atoms with Crippen molar-refractivity contribution in [1.29, 1.82) is 0 Å². The summed E-state index contributed by atoms with van der Waals surface area (Å²) in [6.45, 7) is 5.87. The number of hydrogen-bond acceptors (Lipinski definition) is 5. The Morgan fingerprint density at radius 2 is 1.87 bits per heavy atom. The molecule has 162 valence electrons. The van der Waals surface area contributed by atoms with Crippen LogP contribution in [0.25, 0.3) is 16.6 Å². The molecule has 1 aromatic heterocycles. The summed E-state index contributed by atoms with van der Waals surface area (Å²) in [6, 6.07) is 11.6. The van der Waals surface area contributed by atoms with Crippen LogP contribution in [0.4, 0.5) is 4.79 Å². The van der Waals surface area contributed by atoms with Crippen molar-refractivity contribution in [3.8, 4) is 5.69 Å². The Labute approximate surface area is 189 Å². The lowest BCUT2D eigenvalue weighted by Crippen LogP contribution is -2.39. The number of primary amides is 1. The fourth-order valence-electron chi connectivity index (χ4n) is 3.07. The lowest BCUT2D eigenvalue weighted by molar-refractivity contribution is -0.119. The number of nitrogens with zero attached hydrogens (tertiary/aromatic N) is 2. The Hall–Kier alpha value is -2.84. The van der Waals surface area contributed by atoms with Gasteiger partial charge in [-0.3, -0.25) is 19.5 Å². The molecule has 0 aliphatic rings. The number of thioether (sulfide) groups is 1. The van der Waals surface area contributed by atoms with Gasteiger partial charge in [-0.05, 0) is 55.2 Å². The van der Waals surface area contributed by atoms with Crippen LogP contribution >= 0.6 is 23.4 Å². The summed E-state index contributed by atoms with van der Waals surface area (Å²) in [4.78, 5) is 41.2. The standard InChI is InChI=1S/C22H23ClN4O3S/c1-4-12(2)14-5-8-16(9-6-14)27-20(29)17-10-7-15(23)11-18(17)25-22(27)31-13(3)19(28)26-21(24)30/h5-13H,4H2,1-3H3,(H3,24,26,28,30)/t12-,13-/m1/s1. The third-order valence-electron chi connectivity index (χ3n) is 5.03. The molecule has 3 aromatic rings. The van der Waals surface area contributed by atoms with Crippen molar-refractivity contribution in [2.75, 3.05) is 0 Å². The number of aromatic nitrogens is 2. The number of rotatable bonds is 6. The summed E-state index contributed by atoms with van der Waals surface area (Å²) >= 11 is 7.14. The highest BCUT2D eigenvalue weighted by Gasteiger charge is 2.21. The van der Waals surface area contributed by atoms with E-state index in [9.17, 15) is 14.4 Å². The van der Waals surface area contributed by atoms with Gasteiger partial charge in [0.2, 0.25) is 5.91 Å². The number of urea groups is 1. The molecule has 3 N–H and O–H groups in total. The van der Waals surface area contributed by atoms with Crippen molar-refractivity contribution in [3.63, 3.8) is 0 Å². The van der Waals surface area contributed by atoms with Crippen LogP contribution in [0, 0.1) is 0 Å². The SMILES string of the molecule is CC[C@@H](C)c1ccc(-n2c(S[C@H](C)C(=O)NC(N)=O)nc3cc(Cl)ccc3c2=O)cc1. The Balaban J connectivity index is 2.13. The number of carbonyl (C=O) groups is 2. The van der Waals surface area contributed by atoms with Crippen LogP contribution in [0.3, 0.4) is 0 Å². The van der Waals surface area contributed by atoms with Gasteiger partial charge in [0.1, 0.15) is 0 Å². The zero-order valence-electron chi connectivity index (χ0n) is 17.4. The summed E-state index contributed by atoms with van der Waals surface area (Å²) in [5, 5.41) is 2.50. The second-order valence-corrected chi connectivity index (χ2v) is 8.96. The maximum absolute atomic E-state index is 13.4. The molecule has 7 nitrogen and oxygen atoms in total. The van der Waals surface area contributed by atoms with E-state index in [4.69, 9.17) is 17.3 Å². The minimum atomic E-state index is -0.936. The molecule has 0 radical (unpaired) electrons. The monoisotopic (exact) mass is 458 g/mol. The van der Waals surface area contributed by atoms with Crippen LogP contribution in [-0.4, -0.2) is 26.7 Å². The Kier molecular flexibility index (Phi) is 7.02. The number of amides is 3. The number of nitrogens with two attached hydrogens (primary N) is 1. The maximum Gasteiger partial charge on any atom is 0.318 e. The van der Waals surface area contributed by atoms with Gasteiger partial charge in [0.05, 0.1) is 21.8 Å². The average Bonchev–Trinajstić information content (AvgIpc) is 2.72. The minimum Gasteiger partial charge on any atom is -0.351 e. The maximum atomic E-state index is 13.4. The van der Waals surface area contributed by atoms with Crippen molar-refractivity contribution < 1.29 is 9.59 Å². The van der Waals surface area contributed by atoms with Gasteiger partial charge in [0.15, 0.2) is 5.16 Å². The smallest absolute Gasteiger partial charge is 0.318 e. The molecular formula is C22H23ClN4O3S. The zero-order valence-corrected chi connectivity index (χ0v) is 19.0. The third-order valence-corrected chi connectivity index (χ3v) is 6.32. The van der Waals surface area contributed by atoms with Crippen LogP contribution in [0.15, 0.2) is 52.4 Å². The van der Waals surface area contributed by atoms with Gasteiger partial charge >= 0.3 is 6.03 Å². The molecule has 31 heavy (non-hydrogen) atoms. The molecule has 9 heteroatoms. The minimum absolute atomic E-state index is 0.275. The Morgan fingerprint density at radius 3 is 2.48 bits per heavy atom. The molecule has 1 heterocycles. The number of imide groups is 1. The first-order valence-electron chi connectivity index (χ1n) is 9.80. The van der Waals surface area contributed by atoms with Gasteiger partial charge in [-0.15, -0.1) is 0 Å². The van der Waals surface area contributed by atoms with E-state index < -0.39 is 17.2 Å². The molecule has 3 amide bonds. The largest absolute Gasteiger partial charge is 0.351 e. The van der Waals surface area contributed by atoms with Crippen LogP contribution in [0.5, 0.6) is 0 Å². The van der Waals surface area contributed by atoms with E-state index >= 15 is 0 Å². The summed E-state index contributed by atoms with van der Waals surface area (Å²) in [5.74, 6) is -0.175. The first-order chi connectivity index (χ1) is 14.7. The highest BCUT2D eigenvalue weighted by Crippen LogP contribution is 2.27. The van der Waals surface area contributed by atoms with Gasteiger partial charge in [-0.1, -0.05) is 49.3 Å². The summed E-state index contributed by atoms with van der Waals surface area (Å²) < 4.78 is 1.47. The highest BCUT2D eigenvalue weighted by atomic mass is 35.5. The van der Waals surface area contributed by atoms with Crippen LogP contribution in [-0.2, 0) is 4.79 Å². The third kappa shape index (κ3) is 5.08. The molecular weight excluding hydrogens is 436 g/mol. The van der Waals surface area contributed by atoms with Crippen molar-refractivity contribution >= 4 is 46.2 Å². The van der Waals surface area contributed by atoms with Gasteiger partial charge in [-0.2, -0.15) is 0 Å². The number of carbonyl (C=O) groups excluding carboxylic acids is 2. The molecule has 0 fully saturated rings. The molecule has 0 saturated heterocycles. The van der Waals surface area contributed by atoms with Gasteiger partial charge < -0.3 is 5.73 Å².